The summed E-state index contributed by atoms with van der Waals surface area (Å²) < 4.78 is 5.19. The van der Waals surface area contributed by atoms with Crippen molar-refractivity contribution < 1.29 is 14.3 Å². The fourth-order valence-electron chi connectivity index (χ4n) is 1.85. The molecule has 0 N–H and O–H groups in total. The van der Waals surface area contributed by atoms with Crippen molar-refractivity contribution >= 4 is 11.8 Å². The first-order valence-electron chi connectivity index (χ1n) is 5.68. The third-order valence-corrected chi connectivity index (χ3v) is 2.80. The molecule has 0 saturated heterocycles. The third kappa shape index (κ3) is 2.61. The summed E-state index contributed by atoms with van der Waals surface area (Å²) in [6.07, 6.45) is 2.13. The van der Waals surface area contributed by atoms with Crippen LogP contribution in [0, 0.1) is 0 Å². The summed E-state index contributed by atoms with van der Waals surface area (Å²) in [5.74, 6) is -0.293. The Balaban J connectivity index is 2.16. The van der Waals surface area contributed by atoms with E-state index in [4.69, 9.17) is 4.74 Å². The molecule has 0 atom stereocenters. The normalized spacial score (nSPS) is 15.9. The Hall–Kier alpha value is -1.90. The lowest BCUT2D eigenvalue weighted by atomic mass is 9.98. The smallest absolute Gasteiger partial charge is 0.343 e. The van der Waals surface area contributed by atoms with Crippen molar-refractivity contribution in [3.05, 3.63) is 47.2 Å². The van der Waals surface area contributed by atoms with E-state index < -0.39 is 5.97 Å². The number of esters is 1. The molecule has 0 heterocycles. The third-order valence-electron chi connectivity index (χ3n) is 2.80. The minimum Gasteiger partial charge on any atom is -0.419 e. The van der Waals surface area contributed by atoms with Crippen LogP contribution in [0.2, 0.25) is 0 Å². The van der Waals surface area contributed by atoms with Gasteiger partial charge in [0.25, 0.3) is 0 Å². The van der Waals surface area contributed by atoms with E-state index in [-0.39, 0.29) is 11.5 Å². The van der Waals surface area contributed by atoms with Gasteiger partial charge in [-0.15, -0.1) is 0 Å². The number of allylic oxidation sites excluding steroid dienone is 2. The molecule has 0 aromatic heterocycles. The fourth-order valence-corrected chi connectivity index (χ4v) is 1.85. The summed E-state index contributed by atoms with van der Waals surface area (Å²) in [5.41, 5.74) is 1.33. The summed E-state index contributed by atoms with van der Waals surface area (Å²) in [6, 6.07) is 8.70. The first-order chi connectivity index (χ1) is 8.18. The Morgan fingerprint density at radius 1 is 1.18 bits per heavy atom. The van der Waals surface area contributed by atoms with Crippen molar-refractivity contribution in [1.82, 2.24) is 0 Å². The van der Waals surface area contributed by atoms with Gasteiger partial charge in [-0.25, -0.2) is 4.79 Å². The van der Waals surface area contributed by atoms with Gasteiger partial charge in [0.1, 0.15) is 0 Å². The molecule has 88 valence electrons. The summed E-state index contributed by atoms with van der Waals surface area (Å²) in [4.78, 5) is 23.4. The van der Waals surface area contributed by atoms with Gasteiger partial charge in [-0.2, -0.15) is 0 Å². The van der Waals surface area contributed by atoms with Gasteiger partial charge in [0.15, 0.2) is 11.5 Å². The maximum Gasteiger partial charge on any atom is 0.343 e. The van der Waals surface area contributed by atoms with Crippen LogP contribution in [-0.2, 0) is 9.53 Å². The molecular formula is C14H14O3. The van der Waals surface area contributed by atoms with Crippen molar-refractivity contribution in [2.24, 2.45) is 0 Å². The summed E-state index contributed by atoms with van der Waals surface area (Å²) in [5, 5.41) is 0. The van der Waals surface area contributed by atoms with E-state index in [1.165, 1.54) is 0 Å². The number of benzene rings is 1. The van der Waals surface area contributed by atoms with E-state index in [9.17, 15) is 9.59 Å². The Kier molecular flexibility index (Phi) is 3.38. The summed E-state index contributed by atoms with van der Waals surface area (Å²) >= 11 is 0. The summed E-state index contributed by atoms with van der Waals surface area (Å²) in [7, 11) is 0. The minimum atomic E-state index is -0.463. The number of hydrogen-bond donors (Lipinski definition) is 0. The number of carbonyl (C=O) groups excluding carboxylic acids is 2. The lowest BCUT2D eigenvalue weighted by Crippen LogP contribution is -2.17. The zero-order valence-corrected chi connectivity index (χ0v) is 9.73. The second-order valence-corrected chi connectivity index (χ2v) is 4.14. The van der Waals surface area contributed by atoms with Gasteiger partial charge in [0, 0.05) is 6.42 Å². The highest BCUT2D eigenvalue weighted by Gasteiger charge is 2.22. The highest BCUT2D eigenvalue weighted by Crippen LogP contribution is 2.23. The second kappa shape index (κ2) is 4.95. The molecule has 2 rings (SSSR count). The van der Waals surface area contributed by atoms with Crippen molar-refractivity contribution in [3.63, 3.8) is 0 Å². The largest absolute Gasteiger partial charge is 0.419 e. The number of Topliss-reactive ketones (excluding diaryl/α,β-unsaturated/α-hetero) is 1. The first kappa shape index (κ1) is 11.6. The van der Waals surface area contributed by atoms with Gasteiger partial charge in [-0.1, -0.05) is 18.2 Å². The minimum absolute atomic E-state index is 0.0713. The molecule has 3 heteroatoms. The average Bonchev–Trinajstić information content (AvgIpc) is 2.35. The van der Waals surface area contributed by atoms with Crippen LogP contribution in [0.4, 0.5) is 0 Å². The molecule has 1 aliphatic carbocycles. The molecule has 1 aromatic rings. The second-order valence-electron chi connectivity index (χ2n) is 4.14. The average molecular weight is 230 g/mol. The van der Waals surface area contributed by atoms with E-state index in [2.05, 4.69) is 0 Å². The van der Waals surface area contributed by atoms with Crippen LogP contribution in [0.3, 0.4) is 0 Å². The molecule has 0 bridgehead atoms. The Bertz CT molecular complexity index is 472. The van der Waals surface area contributed by atoms with E-state index in [0.29, 0.717) is 12.0 Å². The van der Waals surface area contributed by atoms with E-state index in [1.54, 1.807) is 24.3 Å². The SMILES string of the molecule is CC1=C(OC(=O)c2ccccc2)C(=O)CCC1. The molecule has 0 fully saturated rings. The van der Waals surface area contributed by atoms with Crippen LogP contribution in [0.5, 0.6) is 0 Å². The molecule has 0 unspecified atom stereocenters. The molecule has 0 aliphatic heterocycles. The van der Waals surface area contributed by atoms with E-state index in [0.717, 1.165) is 18.4 Å². The molecule has 0 saturated carbocycles. The van der Waals surface area contributed by atoms with Crippen molar-refractivity contribution in [2.75, 3.05) is 0 Å². The van der Waals surface area contributed by atoms with Gasteiger partial charge < -0.3 is 4.74 Å². The van der Waals surface area contributed by atoms with Crippen molar-refractivity contribution in [2.45, 2.75) is 26.2 Å². The standard InChI is InChI=1S/C14H14O3/c1-10-6-5-9-12(15)13(10)17-14(16)11-7-3-2-4-8-11/h2-4,7-8H,5-6,9H2,1H3. The number of hydrogen-bond acceptors (Lipinski definition) is 3. The molecule has 3 nitrogen and oxygen atoms in total. The van der Waals surface area contributed by atoms with E-state index in [1.807, 2.05) is 13.0 Å². The van der Waals surface area contributed by atoms with Gasteiger partial charge in [-0.05, 0) is 37.5 Å². The van der Waals surface area contributed by atoms with Crippen LogP contribution in [0.1, 0.15) is 36.5 Å². The van der Waals surface area contributed by atoms with Crippen LogP contribution < -0.4 is 0 Å². The Morgan fingerprint density at radius 2 is 1.88 bits per heavy atom. The van der Waals surface area contributed by atoms with Crippen molar-refractivity contribution in [3.8, 4) is 0 Å². The lowest BCUT2D eigenvalue weighted by molar-refractivity contribution is -0.118. The summed E-state index contributed by atoms with van der Waals surface area (Å²) in [6.45, 7) is 1.84. The van der Waals surface area contributed by atoms with Gasteiger partial charge in [0.2, 0.25) is 0 Å². The Labute approximate surface area is 100 Å². The molecular weight excluding hydrogens is 216 g/mol. The van der Waals surface area contributed by atoms with Crippen LogP contribution in [-0.4, -0.2) is 11.8 Å². The molecule has 1 aliphatic rings. The fraction of sp³-hybridized carbons (Fsp3) is 0.286. The number of rotatable bonds is 2. The Morgan fingerprint density at radius 3 is 2.53 bits per heavy atom. The van der Waals surface area contributed by atoms with E-state index >= 15 is 0 Å². The predicted octanol–water partition coefficient (Wildman–Crippen LogP) is 2.87. The monoisotopic (exact) mass is 230 g/mol. The highest BCUT2D eigenvalue weighted by atomic mass is 16.5. The zero-order chi connectivity index (χ0) is 12.3. The topological polar surface area (TPSA) is 43.4 Å². The number of ether oxygens (including phenoxy) is 1. The maximum absolute atomic E-state index is 11.8. The predicted molar refractivity (Wildman–Crippen MR) is 63.4 cm³/mol. The van der Waals surface area contributed by atoms with Crippen molar-refractivity contribution in [1.29, 1.82) is 0 Å². The number of carbonyl (C=O) groups is 2. The van der Waals surface area contributed by atoms with Crippen LogP contribution in [0.25, 0.3) is 0 Å². The molecule has 17 heavy (non-hydrogen) atoms. The molecule has 0 radical (unpaired) electrons. The highest BCUT2D eigenvalue weighted by molar-refractivity contribution is 5.99. The van der Waals surface area contributed by atoms with Gasteiger partial charge >= 0.3 is 5.97 Å². The lowest BCUT2D eigenvalue weighted by Gasteiger charge is -2.15. The molecule has 0 spiro atoms. The zero-order valence-electron chi connectivity index (χ0n) is 9.73. The number of ketones is 1. The molecule has 0 amide bonds. The van der Waals surface area contributed by atoms with Gasteiger partial charge in [-0.3, -0.25) is 4.79 Å². The van der Waals surface area contributed by atoms with Crippen LogP contribution >= 0.6 is 0 Å². The quantitative estimate of drug-likeness (QED) is 0.734. The molecule has 1 aromatic carbocycles. The van der Waals surface area contributed by atoms with Crippen LogP contribution in [0.15, 0.2) is 41.7 Å². The maximum atomic E-state index is 11.8. The first-order valence-corrected chi connectivity index (χ1v) is 5.68. The van der Waals surface area contributed by atoms with Gasteiger partial charge in [0.05, 0.1) is 5.56 Å².